The van der Waals surface area contributed by atoms with Crippen LogP contribution >= 0.6 is 0 Å². The summed E-state index contributed by atoms with van der Waals surface area (Å²) in [6, 6.07) is 9.32. The lowest BCUT2D eigenvalue weighted by Gasteiger charge is -2.27. The first kappa shape index (κ1) is 13.6. The predicted octanol–water partition coefficient (Wildman–Crippen LogP) is 3.25. The first-order valence-electron chi connectivity index (χ1n) is 7.14. The molecule has 1 unspecified atom stereocenters. The highest BCUT2D eigenvalue weighted by Gasteiger charge is 2.21. The molecule has 0 fully saturated rings. The molecule has 0 amide bonds. The van der Waals surface area contributed by atoms with Crippen molar-refractivity contribution in [3.63, 3.8) is 0 Å². The molecule has 2 rings (SSSR count). The minimum Gasteiger partial charge on any atom is -0.313 e. The number of hydrogen-bond acceptors (Lipinski definition) is 2. The van der Waals surface area contributed by atoms with E-state index < -0.39 is 0 Å². The highest BCUT2D eigenvalue weighted by atomic mass is 15.0. The van der Waals surface area contributed by atoms with E-state index in [9.17, 15) is 0 Å². The molecule has 1 aliphatic heterocycles. The van der Waals surface area contributed by atoms with Gasteiger partial charge in [0, 0.05) is 19.1 Å². The second kappa shape index (κ2) is 5.85. The van der Waals surface area contributed by atoms with Gasteiger partial charge in [-0.3, -0.25) is 0 Å². The maximum Gasteiger partial charge on any atom is 0.0335 e. The van der Waals surface area contributed by atoms with Crippen LogP contribution in [0.4, 0.5) is 0 Å². The maximum atomic E-state index is 3.77. The molecule has 18 heavy (non-hydrogen) atoms. The van der Waals surface area contributed by atoms with Crippen LogP contribution in [0.1, 0.15) is 50.8 Å². The molecule has 2 heteroatoms. The Morgan fingerprint density at radius 3 is 2.89 bits per heavy atom. The lowest BCUT2D eigenvalue weighted by Crippen LogP contribution is -2.32. The van der Waals surface area contributed by atoms with Gasteiger partial charge in [-0.25, -0.2) is 0 Å². The summed E-state index contributed by atoms with van der Waals surface area (Å²) < 4.78 is 0. The van der Waals surface area contributed by atoms with E-state index in [1.165, 1.54) is 24.0 Å². The van der Waals surface area contributed by atoms with Crippen LogP contribution in [0.2, 0.25) is 0 Å². The zero-order chi connectivity index (χ0) is 13.0. The Balaban J connectivity index is 2.08. The van der Waals surface area contributed by atoms with E-state index in [-0.39, 0.29) is 0 Å². The molecule has 1 atom stereocenters. The molecule has 1 aromatic carbocycles. The molecule has 2 N–H and O–H groups in total. The summed E-state index contributed by atoms with van der Waals surface area (Å²) in [7, 11) is 0. The first-order valence-corrected chi connectivity index (χ1v) is 7.14. The van der Waals surface area contributed by atoms with Crippen LogP contribution in [0.5, 0.6) is 0 Å². The van der Waals surface area contributed by atoms with Gasteiger partial charge in [-0.15, -0.1) is 0 Å². The molecule has 2 nitrogen and oxygen atoms in total. The van der Waals surface area contributed by atoms with E-state index in [4.69, 9.17) is 0 Å². The summed E-state index contributed by atoms with van der Waals surface area (Å²) in [5.41, 5.74) is 3.31. The van der Waals surface area contributed by atoms with Gasteiger partial charge in [-0.05, 0) is 35.9 Å². The Morgan fingerprint density at radius 2 is 2.11 bits per heavy atom. The van der Waals surface area contributed by atoms with Crippen molar-refractivity contribution in [1.29, 1.82) is 0 Å². The summed E-state index contributed by atoms with van der Waals surface area (Å²) >= 11 is 0. The van der Waals surface area contributed by atoms with Gasteiger partial charge < -0.3 is 10.6 Å². The fraction of sp³-hybridized carbons (Fsp3) is 0.625. The standard InChI is InChI=1S/C16H26N2/c1-4-16(2,3)12-18-15-9-10-17-11-13-7-5-6-8-14(13)15/h5-8,15,17-18H,4,9-12H2,1-3H3. The van der Waals surface area contributed by atoms with Crippen molar-refractivity contribution in [1.82, 2.24) is 10.6 Å². The van der Waals surface area contributed by atoms with E-state index in [2.05, 4.69) is 55.7 Å². The summed E-state index contributed by atoms with van der Waals surface area (Å²) in [5, 5.41) is 7.27. The van der Waals surface area contributed by atoms with Gasteiger partial charge in [0.2, 0.25) is 0 Å². The van der Waals surface area contributed by atoms with Crippen LogP contribution in [0.3, 0.4) is 0 Å². The molecule has 1 aromatic rings. The highest BCUT2D eigenvalue weighted by Crippen LogP contribution is 2.25. The van der Waals surface area contributed by atoms with Crippen molar-refractivity contribution < 1.29 is 0 Å². The molecular weight excluding hydrogens is 220 g/mol. The van der Waals surface area contributed by atoms with E-state index in [0.29, 0.717) is 11.5 Å². The molecule has 100 valence electrons. The van der Waals surface area contributed by atoms with Gasteiger partial charge in [0.05, 0.1) is 0 Å². The van der Waals surface area contributed by atoms with Crippen molar-refractivity contribution >= 4 is 0 Å². The molecule has 0 saturated carbocycles. The lowest BCUT2D eigenvalue weighted by molar-refractivity contribution is 0.305. The molecule has 0 radical (unpaired) electrons. The second-order valence-electron chi connectivity index (χ2n) is 6.12. The summed E-state index contributed by atoms with van der Waals surface area (Å²) in [6.45, 7) is 10.1. The molecule has 0 aromatic heterocycles. The van der Waals surface area contributed by atoms with Crippen molar-refractivity contribution in [3.8, 4) is 0 Å². The van der Waals surface area contributed by atoms with Crippen LogP contribution in [0, 0.1) is 5.41 Å². The normalized spacial score (nSPS) is 20.3. The van der Waals surface area contributed by atoms with Crippen molar-refractivity contribution in [2.45, 2.75) is 46.2 Å². The molecule has 0 spiro atoms. The van der Waals surface area contributed by atoms with E-state index in [1.54, 1.807) is 0 Å². The fourth-order valence-electron chi connectivity index (χ4n) is 2.40. The van der Waals surface area contributed by atoms with Gasteiger partial charge in [-0.1, -0.05) is 45.0 Å². The Hall–Kier alpha value is -0.860. The van der Waals surface area contributed by atoms with E-state index in [0.717, 1.165) is 19.6 Å². The largest absolute Gasteiger partial charge is 0.313 e. The zero-order valence-corrected chi connectivity index (χ0v) is 11.9. The zero-order valence-electron chi connectivity index (χ0n) is 11.9. The third-order valence-electron chi connectivity index (χ3n) is 4.14. The summed E-state index contributed by atoms with van der Waals surface area (Å²) in [6.07, 6.45) is 2.39. The third kappa shape index (κ3) is 3.33. The number of rotatable bonds is 4. The fourth-order valence-corrected chi connectivity index (χ4v) is 2.40. The molecule has 0 bridgehead atoms. The Bertz CT molecular complexity index is 384. The van der Waals surface area contributed by atoms with Crippen molar-refractivity contribution in [3.05, 3.63) is 35.4 Å². The van der Waals surface area contributed by atoms with Gasteiger partial charge in [0.15, 0.2) is 0 Å². The second-order valence-corrected chi connectivity index (χ2v) is 6.12. The predicted molar refractivity (Wildman–Crippen MR) is 77.6 cm³/mol. The number of benzene rings is 1. The molecule has 1 aliphatic rings. The van der Waals surface area contributed by atoms with E-state index in [1.807, 2.05) is 0 Å². The molecule has 0 saturated heterocycles. The summed E-state index contributed by atoms with van der Waals surface area (Å²) in [5.74, 6) is 0. The Kier molecular flexibility index (Phi) is 4.41. The third-order valence-corrected chi connectivity index (χ3v) is 4.14. The van der Waals surface area contributed by atoms with E-state index >= 15 is 0 Å². The maximum absolute atomic E-state index is 3.77. The van der Waals surface area contributed by atoms with Crippen LogP contribution in [-0.4, -0.2) is 13.1 Å². The van der Waals surface area contributed by atoms with Crippen molar-refractivity contribution in [2.24, 2.45) is 5.41 Å². The van der Waals surface area contributed by atoms with Crippen LogP contribution < -0.4 is 10.6 Å². The molecular formula is C16H26N2. The van der Waals surface area contributed by atoms with Crippen molar-refractivity contribution in [2.75, 3.05) is 13.1 Å². The average Bonchev–Trinajstić information content (AvgIpc) is 2.59. The summed E-state index contributed by atoms with van der Waals surface area (Å²) in [4.78, 5) is 0. The number of nitrogens with one attached hydrogen (secondary N) is 2. The van der Waals surface area contributed by atoms with Crippen LogP contribution in [-0.2, 0) is 6.54 Å². The smallest absolute Gasteiger partial charge is 0.0335 e. The lowest BCUT2D eigenvalue weighted by atomic mass is 9.89. The Labute approximate surface area is 111 Å². The quantitative estimate of drug-likeness (QED) is 0.852. The number of fused-ring (bicyclic) bond motifs is 1. The average molecular weight is 246 g/mol. The van der Waals surface area contributed by atoms with Gasteiger partial charge >= 0.3 is 0 Å². The first-order chi connectivity index (χ1) is 8.62. The minimum absolute atomic E-state index is 0.384. The van der Waals surface area contributed by atoms with Gasteiger partial charge in [0.1, 0.15) is 0 Å². The van der Waals surface area contributed by atoms with Gasteiger partial charge in [-0.2, -0.15) is 0 Å². The highest BCUT2D eigenvalue weighted by molar-refractivity contribution is 5.31. The minimum atomic E-state index is 0.384. The van der Waals surface area contributed by atoms with Crippen LogP contribution in [0.25, 0.3) is 0 Å². The SMILES string of the molecule is CCC(C)(C)CNC1CCNCc2ccccc21. The topological polar surface area (TPSA) is 24.1 Å². The molecule has 1 heterocycles. The molecule has 0 aliphatic carbocycles. The monoisotopic (exact) mass is 246 g/mol. The Morgan fingerprint density at radius 1 is 1.33 bits per heavy atom. The van der Waals surface area contributed by atoms with Crippen LogP contribution in [0.15, 0.2) is 24.3 Å². The van der Waals surface area contributed by atoms with Gasteiger partial charge in [0.25, 0.3) is 0 Å². The number of hydrogen-bond donors (Lipinski definition) is 2.